The molecule has 2 aromatic rings. The Morgan fingerprint density at radius 1 is 1.16 bits per heavy atom. The average Bonchev–Trinajstić information content (AvgIpc) is 2.46. The topological polar surface area (TPSA) is 24.9 Å². The highest BCUT2D eigenvalue weighted by atomic mass is 79.9. The van der Waals surface area contributed by atoms with Crippen LogP contribution in [-0.2, 0) is 6.42 Å². The smallest absolute Gasteiger partial charge is 0.0413 e. The third-order valence-corrected chi connectivity index (χ3v) is 3.73. The summed E-state index contributed by atoms with van der Waals surface area (Å²) in [4.78, 5) is 4.41. The number of benzene rings is 1. The van der Waals surface area contributed by atoms with Crippen LogP contribution < -0.4 is 5.32 Å². The van der Waals surface area contributed by atoms with E-state index in [2.05, 4.69) is 68.7 Å². The van der Waals surface area contributed by atoms with Crippen molar-refractivity contribution >= 4 is 15.9 Å². The lowest BCUT2D eigenvalue weighted by Crippen LogP contribution is -2.16. The van der Waals surface area contributed by atoms with Gasteiger partial charge in [0.25, 0.3) is 0 Å². The summed E-state index contributed by atoms with van der Waals surface area (Å²) >= 11 is 3.41. The van der Waals surface area contributed by atoms with Gasteiger partial charge in [-0.15, -0.1) is 0 Å². The zero-order chi connectivity index (χ0) is 13.5. The first-order chi connectivity index (χ1) is 9.29. The Morgan fingerprint density at radius 2 is 1.95 bits per heavy atom. The zero-order valence-electron chi connectivity index (χ0n) is 11.1. The van der Waals surface area contributed by atoms with E-state index in [1.807, 2.05) is 13.2 Å². The van der Waals surface area contributed by atoms with Crippen molar-refractivity contribution in [2.24, 2.45) is 0 Å². The van der Waals surface area contributed by atoms with Crippen LogP contribution >= 0.6 is 15.9 Å². The maximum Gasteiger partial charge on any atom is 0.0413 e. The third-order valence-electron chi connectivity index (χ3n) is 3.26. The predicted molar refractivity (Wildman–Crippen MR) is 83.1 cm³/mol. The maximum atomic E-state index is 4.41. The van der Waals surface area contributed by atoms with Gasteiger partial charge in [-0.1, -0.05) is 30.3 Å². The molecule has 2 nitrogen and oxygen atoms in total. The van der Waals surface area contributed by atoms with E-state index in [4.69, 9.17) is 0 Å². The first-order valence-electron chi connectivity index (χ1n) is 6.62. The Balaban J connectivity index is 1.85. The summed E-state index contributed by atoms with van der Waals surface area (Å²) in [6.45, 7) is 0. The monoisotopic (exact) mass is 318 g/mol. The van der Waals surface area contributed by atoms with Gasteiger partial charge in [0.2, 0.25) is 0 Å². The quantitative estimate of drug-likeness (QED) is 0.866. The molecule has 3 heteroatoms. The molecule has 0 radical (unpaired) electrons. The van der Waals surface area contributed by atoms with Gasteiger partial charge < -0.3 is 5.32 Å². The van der Waals surface area contributed by atoms with Gasteiger partial charge in [-0.25, -0.2) is 0 Å². The van der Waals surface area contributed by atoms with E-state index in [0.717, 1.165) is 29.4 Å². The molecule has 2 rings (SSSR count). The van der Waals surface area contributed by atoms with Crippen LogP contribution in [0.2, 0.25) is 0 Å². The second-order valence-corrected chi connectivity index (χ2v) is 5.53. The molecular formula is C16H19BrN2. The van der Waals surface area contributed by atoms with Gasteiger partial charge in [0.1, 0.15) is 0 Å². The molecule has 19 heavy (non-hydrogen) atoms. The SMILES string of the molecule is CNC(CCCc1ccc(Br)cn1)c1ccccc1. The molecule has 0 bridgehead atoms. The highest BCUT2D eigenvalue weighted by Gasteiger charge is 2.08. The zero-order valence-corrected chi connectivity index (χ0v) is 12.7. The molecule has 0 amide bonds. The lowest BCUT2D eigenvalue weighted by atomic mass is 10.0. The molecule has 1 unspecified atom stereocenters. The largest absolute Gasteiger partial charge is 0.313 e. The van der Waals surface area contributed by atoms with Crippen molar-refractivity contribution in [3.8, 4) is 0 Å². The van der Waals surface area contributed by atoms with Gasteiger partial charge in [0, 0.05) is 22.4 Å². The molecule has 1 heterocycles. The van der Waals surface area contributed by atoms with E-state index < -0.39 is 0 Å². The summed E-state index contributed by atoms with van der Waals surface area (Å²) in [6, 6.07) is 15.2. The molecule has 1 aromatic carbocycles. The Hall–Kier alpha value is -1.19. The lowest BCUT2D eigenvalue weighted by Gasteiger charge is -2.16. The molecule has 1 atom stereocenters. The Labute approximate surface area is 123 Å². The number of aryl methyl sites for hydroxylation is 1. The molecule has 0 saturated heterocycles. The van der Waals surface area contributed by atoms with Gasteiger partial charge >= 0.3 is 0 Å². The van der Waals surface area contributed by atoms with Gasteiger partial charge in [-0.2, -0.15) is 0 Å². The molecule has 0 aliphatic rings. The van der Waals surface area contributed by atoms with Crippen molar-refractivity contribution in [2.45, 2.75) is 25.3 Å². The van der Waals surface area contributed by atoms with Gasteiger partial charge in [0.05, 0.1) is 0 Å². The van der Waals surface area contributed by atoms with Gasteiger partial charge in [-0.05, 0) is 59.9 Å². The Bertz CT molecular complexity index is 482. The van der Waals surface area contributed by atoms with E-state index in [1.54, 1.807) is 0 Å². The summed E-state index contributed by atoms with van der Waals surface area (Å²) in [5, 5.41) is 3.39. The Morgan fingerprint density at radius 3 is 2.58 bits per heavy atom. The third kappa shape index (κ3) is 4.44. The number of aromatic nitrogens is 1. The van der Waals surface area contributed by atoms with Crippen molar-refractivity contribution in [1.29, 1.82) is 0 Å². The van der Waals surface area contributed by atoms with Crippen LogP contribution in [0.3, 0.4) is 0 Å². The molecular weight excluding hydrogens is 300 g/mol. The van der Waals surface area contributed by atoms with Crippen LogP contribution in [-0.4, -0.2) is 12.0 Å². The summed E-state index contributed by atoms with van der Waals surface area (Å²) in [5.74, 6) is 0. The van der Waals surface area contributed by atoms with Crippen LogP contribution in [0.15, 0.2) is 53.1 Å². The van der Waals surface area contributed by atoms with Gasteiger partial charge in [-0.3, -0.25) is 4.98 Å². The highest BCUT2D eigenvalue weighted by Crippen LogP contribution is 2.19. The molecule has 0 fully saturated rings. The summed E-state index contributed by atoms with van der Waals surface area (Å²) in [6.07, 6.45) is 5.15. The summed E-state index contributed by atoms with van der Waals surface area (Å²) in [7, 11) is 2.02. The molecule has 0 saturated carbocycles. The summed E-state index contributed by atoms with van der Waals surface area (Å²) in [5.41, 5.74) is 2.51. The number of hydrogen-bond acceptors (Lipinski definition) is 2. The van der Waals surface area contributed by atoms with Crippen LogP contribution in [0.4, 0.5) is 0 Å². The Kier molecular flexibility index (Phi) is 5.55. The van der Waals surface area contributed by atoms with Gasteiger partial charge in [0.15, 0.2) is 0 Å². The maximum absolute atomic E-state index is 4.41. The van der Waals surface area contributed by atoms with Crippen molar-refractivity contribution in [3.05, 3.63) is 64.4 Å². The molecule has 0 aliphatic carbocycles. The number of rotatable bonds is 6. The number of hydrogen-bond donors (Lipinski definition) is 1. The standard InChI is InChI=1S/C16H19BrN2/c1-18-16(13-6-3-2-4-7-13)9-5-8-15-11-10-14(17)12-19-15/h2-4,6-7,10-12,16,18H,5,8-9H2,1H3. The molecule has 0 aliphatic heterocycles. The van der Waals surface area contributed by atoms with E-state index in [-0.39, 0.29) is 0 Å². The second-order valence-electron chi connectivity index (χ2n) is 4.61. The van der Waals surface area contributed by atoms with Crippen LogP contribution in [0.1, 0.15) is 30.1 Å². The molecule has 1 aromatic heterocycles. The van der Waals surface area contributed by atoms with E-state index in [0.29, 0.717) is 6.04 Å². The van der Waals surface area contributed by atoms with Crippen LogP contribution in [0, 0.1) is 0 Å². The van der Waals surface area contributed by atoms with Crippen molar-refractivity contribution < 1.29 is 0 Å². The highest BCUT2D eigenvalue weighted by molar-refractivity contribution is 9.10. The number of pyridine rings is 1. The van der Waals surface area contributed by atoms with Crippen LogP contribution in [0.25, 0.3) is 0 Å². The predicted octanol–water partition coefficient (Wildman–Crippen LogP) is 4.13. The number of nitrogens with one attached hydrogen (secondary N) is 1. The number of nitrogens with zero attached hydrogens (tertiary/aromatic N) is 1. The molecule has 0 spiro atoms. The first-order valence-corrected chi connectivity index (χ1v) is 7.41. The van der Waals surface area contributed by atoms with Crippen molar-refractivity contribution in [3.63, 3.8) is 0 Å². The fourth-order valence-electron chi connectivity index (χ4n) is 2.20. The lowest BCUT2D eigenvalue weighted by molar-refractivity contribution is 0.525. The first kappa shape index (κ1) is 14.2. The second kappa shape index (κ2) is 7.41. The minimum Gasteiger partial charge on any atom is -0.313 e. The average molecular weight is 319 g/mol. The number of halogens is 1. The molecule has 1 N–H and O–H groups in total. The minimum absolute atomic E-state index is 0.427. The van der Waals surface area contributed by atoms with Crippen LogP contribution in [0.5, 0.6) is 0 Å². The van der Waals surface area contributed by atoms with E-state index >= 15 is 0 Å². The fraction of sp³-hybridized carbons (Fsp3) is 0.312. The van der Waals surface area contributed by atoms with E-state index in [1.165, 1.54) is 5.56 Å². The van der Waals surface area contributed by atoms with E-state index in [9.17, 15) is 0 Å². The van der Waals surface area contributed by atoms with Crippen molar-refractivity contribution in [1.82, 2.24) is 10.3 Å². The fourth-order valence-corrected chi connectivity index (χ4v) is 2.44. The normalized spacial score (nSPS) is 12.3. The van der Waals surface area contributed by atoms with Crippen molar-refractivity contribution in [2.75, 3.05) is 7.05 Å². The molecule has 100 valence electrons. The minimum atomic E-state index is 0.427. The summed E-state index contributed by atoms with van der Waals surface area (Å²) < 4.78 is 1.04.